The fourth-order valence-electron chi connectivity index (χ4n) is 3.01. The third-order valence-electron chi connectivity index (χ3n) is 4.51. The molecule has 15 heavy (non-hydrogen) atoms. The maximum absolute atomic E-state index is 6.32. The Balaban J connectivity index is 1.58. The molecule has 2 aliphatic carbocycles. The van der Waals surface area contributed by atoms with E-state index in [2.05, 4.69) is 12.2 Å². The fourth-order valence-corrected chi connectivity index (χ4v) is 3.01. The Morgan fingerprint density at radius 1 is 1.07 bits per heavy atom. The maximum atomic E-state index is 6.32. The molecule has 2 rings (SSSR count). The van der Waals surface area contributed by atoms with Gasteiger partial charge in [-0.25, -0.2) is 0 Å². The molecule has 0 amide bonds. The minimum absolute atomic E-state index is 0.174. The highest BCUT2D eigenvalue weighted by molar-refractivity contribution is 4.90. The Morgan fingerprint density at radius 2 is 1.73 bits per heavy atom. The first-order valence-electron chi connectivity index (χ1n) is 6.62. The molecule has 0 unspecified atom stereocenters. The zero-order valence-electron chi connectivity index (χ0n) is 10.1. The molecule has 88 valence electrons. The predicted molar refractivity (Wildman–Crippen MR) is 64.8 cm³/mol. The van der Waals surface area contributed by atoms with Crippen molar-refractivity contribution < 1.29 is 0 Å². The molecule has 2 aliphatic rings. The first kappa shape index (κ1) is 11.4. The highest BCUT2D eigenvalue weighted by Gasteiger charge is 2.32. The van der Waals surface area contributed by atoms with Crippen LogP contribution in [-0.4, -0.2) is 18.6 Å². The Kier molecular flexibility index (Phi) is 3.36. The van der Waals surface area contributed by atoms with E-state index < -0.39 is 0 Å². The van der Waals surface area contributed by atoms with Crippen molar-refractivity contribution in [1.82, 2.24) is 5.32 Å². The lowest BCUT2D eigenvalue weighted by atomic mass is 9.70. The lowest BCUT2D eigenvalue weighted by molar-refractivity contribution is 0.155. The van der Waals surface area contributed by atoms with Crippen LogP contribution in [0.3, 0.4) is 0 Å². The lowest BCUT2D eigenvalue weighted by Gasteiger charge is -2.39. The van der Waals surface area contributed by atoms with Gasteiger partial charge in [0.05, 0.1) is 0 Å². The van der Waals surface area contributed by atoms with Crippen LogP contribution in [0.15, 0.2) is 0 Å². The number of nitrogens with one attached hydrogen (secondary N) is 1. The third kappa shape index (κ3) is 2.94. The average Bonchev–Trinajstić information content (AvgIpc) is 2.58. The normalized spacial score (nSPS) is 27.6. The molecule has 0 saturated heterocycles. The molecule has 0 aromatic rings. The van der Waals surface area contributed by atoms with E-state index in [1.54, 1.807) is 0 Å². The van der Waals surface area contributed by atoms with Gasteiger partial charge in [0, 0.05) is 12.1 Å². The molecule has 0 atom stereocenters. The summed E-state index contributed by atoms with van der Waals surface area (Å²) in [6, 6.07) is 0. The summed E-state index contributed by atoms with van der Waals surface area (Å²) in [4.78, 5) is 0. The van der Waals surface area contributed by atoms with Crippen molar-refractivity contribution in [2.24, 2.45) is 11.1 Å². The molecule has 0 aliphatic heterocycles. The van der Waals surface area contributed by atoms with Gasteiger partial charge in [-0.3, -0.25) is 0 Å². The Hall–Kier alpha value is -0.0800. The van der Waals surface area contributed by atoms with Gasteiger partial charge in [0.15, 0.2) is 0 Å². The molecule has 0 bridgehead atoms. The number of hydrogen-bond acceptors (Lipinski definition) is 2. The second-order valence-corrected chi connectivity index (χ2v) is 6.16. The minimum atomic E-state index is 0.174. The maximum Gasteiger partial charge on any atom is 0.0166 e. The summed E-state index contributed by atoms with van der Waals surface area (Å²) < 4.78 is 0. The molecule has 0 spiro atoms. The van der Waals surface area contributed by atoms with Gasteiger partial charge in [0.1, 0.15) is 0 Å². The highest BCUT2D eigenvalue weighted by Crippen LogP contribution is 2.39. The van der Waals surface area contributed by atoms with Gasteiger partial charge in [-0.15, -0.1) is 0 Å². The number of hydrogen-bond donors (Lipinski definition) is 2. The predicted octanol–water partition coefficient (Wildman–Crippen LogP) is 2.43. The zero-order valence-corrected chi connectivity index (χ0v) is 10.1. The van der Waals surface area contributed by atoms with Crippen LogP contribution in [0, 0.1) is 5.41 Å². The second-order valence-electron chi connectivity index (χ2n) is 6.16. The Labute approximate surface area is 94.0 Å². The quantitative estimate of drug-likeness (QED) is 0.684. The smallest absolute Gasteiger partial charge is 0.0166 e. The van der Waals surface area contributed by atoms with Crippen LogP contribution < -0.4 is 11.1 Å². The van der Waals surface area contributed by atoms with Crippen molar-refractivity contribution in [3.05, 3.63) is 0 Å². The van der Waals surface area contributed by atoms with E-state index in [4.69, 9.17) is 5.73 Å². The largest absolute Gasteiger partial charge is 0.325 e. The van der Waals surface area contributed by atoms with Gasteiger partial charge in [0.2, 0.25) is 0 Å². The van der Waals surface area contributed by atoms with Crippen LogP contribution in [0.5, 0.6) is 0 Å². The molecular weight excluding hydrogens is 184 g/mol. The molecule has 3 N–H and O–H groups in total. The fraction of sp³-hybridized carbons (Fsp3) is 1.00. The molecule has 0 aromatic carbocycles. The van der Waals surface area contributed by atoms with Gasteiger partial charge in [-0.2, -0.15) is 0 Å². The molecule has 2 heteroatoms. The van der Waals surface area contributed by atoms with E-state index in [1.807, 2.05) is 0 Å². The van der Waals surface area contributed by atoms with Gasteiger partial charge in [-0.05, 0) is 44.1 Å². The topological polar surface area (TPSA) is 38.0 Å². The molecule has 2 saturated carbocycles. The lowest BCUT2D eigenvalue weighted by Crippen LogP contribution is -2.42. The summed E-state index contributed by atoms with van der Waals surface area (Å²) >= 11 is 0. The number of rotatable bonds is 5. The monoisotopic (exact) mass is 210 g/mol. The first-order valence-corrected chi connectivity index (χ1v) is 6.62. The minimum Gasteiger partial charge on any atom is -0.325 e. The Morgan fingerprint density at radius 3 is 2.27 bits per heavy atom. The van der Waals surface area contributed by atoms with Crippen molar-refractivity contribution in [3.63, 3.8) is 0 Å². The van der Waals surface area contributed by atoms with Crippen LogP contribution in [0.2, 0.25) is 0 Å². The summed E-state index contributed by atoms with van der Waals surface area (Å²) in [5.41, 5.74) is 7.10. The SMILES string of the molecule is CC1(CNCCC2(N)CCCC2)CCC1. The van der Waals surface area contributed by atoms with Crippen molar-refractivity contribution in [3.8, 4) is 0 Å². The van der Waals surface area contributed by atoms with Gasteiger partial charge >= 0.3 is 0 Å². The van der Waals surface area contributed by atoms with Gasteiger partial charge in [0.25, 0.3) is 0 Å². The molecule has 0 heterocycles. The van der Waals surface area contributed by atoms with E-state index in [1.165, 1.54) is 57.9 Å². The van der Waals surface area contributed by atoms with E-state index in [0.29, 0.717) is 5.41 Å². The van der Waals surface area contributed by atoms with E-state index in [0.717, 1.165) is 6.54 Å². The van der Waals surface area contributed by atoms with Crippen LogP contribution in [0.4, 0.5) is 0 Å². The summed E-state index contributed by atoms with van der Waals surface area (Å²) in [7, 11) is 0. The summed E-state index contributed by atoms with van der Waals surface area (Å²) in [5.74, 6) is 0. The molecule has 0 aromatic heterocycles. The van der Waals surface area contributed by atoms with Gasteiger partial charge < -0.3 is 11.1 Å². The van der Waals surface area contributed by atoms with Crippen molar-refractivity contribution >= 4 is 0 Å². The molecule has 2 nitrogen and oxygen atoms in total. The van der Waals surface area contributed by atoms with Crippen molar-refractivity contribution in [1.29, 1.82) is 0 Å². The van der Waals surface area contributed by atoms with E-state index >= 15 is 0 Å². The average molecular weight is 210 g/mol. The summed E-state index contributed by atoms with van der Waals surface area (Å²) in [6.45, 7) is 4.71. The molecule has 0 radical (unpaired) electrons. The van der Waals surface area contributed by atoms with Crippen LogP contribution >= 0.6 is 0 Å². The second kappa shape index (κ2) is 4.42. The van der Waals surface area contributed by atoms with Crippen LogP contribution in [-0.2, 0) is 0 Å². The first-order chi connectivity index (χ1) is 7.12. The van der Waals surface area contributed by atoms with E-state index in [9.17, 15) is 0 Å². The summed E-state index contributed by atoms with van der Waals surface area (Å²) in [5, 5.41) is 3.60. The van der Waals surface area contributed by atoms with Crippen molar-refractivity contribution in [2.75, 3.05) is 13.1 Å². The zero-order chi connectivity index (χ0) is 10.8. The van der Waals surface area contributed by atoms with Crippen molar-refractivity contribution in [2.45, 2.75) is 63.8 Å². The third-order valence-corrected chi connectivity index (χ3v) is 4.51. The highest BCUT2D eigenvalue weighted by atomic mass is 14.9. The van der Waals surface area contributed by atoms with Gasteiger partial charge in [-0.1, -0.05) is 26.2 Å². The Bertz CT molecular complexity index is 203. The standard InChI is InChI=1S/C13H26N2/c1-12(5-4-6-12)11-15-10-9-13(14)7-2-3-8-13/h15H,2-11,14H2,1H3. The number of nitrogens with two attached hydrogens (primary N) is 1. The van der Waals surface area contributed by atoms with Crippen LogP contribution in [0.1, 0.15) is 58.3 Å². The van der Waals surface area contributed by atoms with Crippen LogP contribution in [0.25, 0.3) is 0 Å². The molecule has 2 fully saturated rings. The summed E-state index contributed by atoms with van der Waals surface area (Å²) in [6.07, 6.45) is 10.6. The van der Waals surface area contributed by atoms with E-state index in [-0.39, 0.29) is 5.54 Å². The molecular formula is C13H26N2.